The fourth-order valence-corrected chi connectivity index (χ4v) is 3.03. The summed E-state index contributed by atoms with van der Waals surface area (Å²) in [4.78, 5) is 37.3. The number of hydrogen-bond acceptors (Lipinski definition) is 4. The molecule has 0 aromatic carbocycles. The van der Waals surface area contributed by atoms with Crippen LogP contribution in [-0.2, 0) is 9.59 Å². The number of carbonyl (C=O) groups is 3. The highest BCUT2D eigenvalue weighted by Crippen LogP contribution is 2.20. The Balaban J connectivity index is 1.80. The van der Waals surface area contributed by atoms with Crippen molar-refractivity contribution in [3.8, 4) is 0 Å². The molecule has 6 nitrogen and oxygen atoms in total. The summed E-state index contributed by atoms with van der Waals surface area (Å²) in [6, 6.07) is 0. The quantitative estimate of drug-likeness (QED) is 0.808. The van der Waals surface area contributed by atoms with E-state index in [4.69, 9.17) is 5.11 Å². The molecule has 100 valence electrons. The summed E-state index contributed by atoms with van der Waals surface area (Å²) in [5.41, 5.74) is 0. The van der Waals surface area contributed by atoms with Crippen molar-refractivity contribution in [2.24, 2.45) is 5.92 Å². The van der Waals surface area contributed by atoms with Gasteiger partial charge in [-0.25, -0.2) is 0 Å². The van der Waals surface area contributed by atoms with E-state index in [1.165, 1.54) is 11.8 Å². The summed E-state index contributed by atoms with van der Waals surface area (Å²) in [5, 5.41) is 8.83. The number of likely N-dealkylation sites (tertiary alicyclic amines) is 1. The molecule has 0 spiro atoms. The molecule has 0 aliphatic carbocycles. The van der Waals surface area contributed by atoms with Gasteiger partial charge in [0.05, 0.1) is 5.92 Å². The fraction of sp³-hybridized carbons (Fsp3) is 0.727. The highest BCUT2D eigenvalue weighted by atomic mass is 32.2. The Morgan fingerprint density at radius 2 is 1.94 bits per heavy atom. The van der Waals surface area contributed by atoms with E-state index < -0.39 is 5.97 Å². The van der Waals surface area contributed by atoms with E-state index in [0.717, 1.165) is 5.75 Å². The Bertz CT molecular complexity index is 366. The van der Waals surface area contributed by atoms with E-state index >= 15 is 0 Å². The normalized spacial score (nSPS) is 21.4. The topological polar surface area (TPSA) is 77.9 Å². The number of aliphatic carboxylic acids is 1. The Hall–Kier alpha value is -1.24. The van der Waals surface area contributed by atoms with Crippen molar-refractivity contribution >= 4 is 28.9 Å². The third-order valence-electron chi connectivity index (χ3n) is 3.37. The Kier molecular flexibility index (Phi) is 4.11. The van der Waals surface area contributed by atoms with Gasteiger partial charge in [-0.05, 0) is 12.8 Å². The lowest BCUT2D eigenvalue weighted by atomic mass is 9.97. The van der Waals surface area contributed by atoms with Crippen LogP contribution in [-0.4, -0.2) is 64.0 Å². The minimum Gasteiger partial charge on any atom is -0.481 e. The van der Waals surface area contributed by atoms with Crippen molar-refractivity contribution in [3.05, 3.63) is 0 Å². The lowest BCUT2D eigenvalue weighted by molar-refractivity contribution is -0.145. The molecule has 2 amide bonds. The zero-order chi connectivity index (χ0) is 13.1. The number of thioether (sulfide) groups is 1. The van der Waals surface area contributed by atoms with Gasteiger partial charge in [-0.15, -0.1) is 0 Å². The van der Waals surface area contributed by atoms with Crippen LogP contribution in [0.4, 0.5) is 4.79 Å². The summed E-state index contributed by atoms with van der Waals surface area (Å²) < 4.78 is 0. The standard InChI is InChI=1S/C11H16N2O4S/c14-9(7-13-5-6-18-11(13)17)12-3-1-8(2-4-12)10(15)16/h8H,1-7H2,(H,15,16). The molecule has 0 unspecified atom stereocenters. The van der Waals surface area contributed by atoms with Gasteiger partial charge in [0.2, 0.25) is 5.91 Å². The van der Waals surface area contributed by atoms with Gasteiger partial charge in [-0.3, -0.25) is 14.4 Å². The molecular weight excluding hydrogens is 256 g/mol. The van der Waals surface area contributed by atoms with Crippen molar-refractivity contribution in [3.63, 3.8) is 0 Å². The maximum absolute atomic E-state index is 12.0. The minimum atomic E-state index is -0.784. The molecule has 7 heteroatoms. The van der Waals surface area contributed by atoms with E-state index in [9.17, 15) is 14.4 Å². The molecule has 2 saturated heterocycles. The first-order chi connectivity index (χ1) is 8.58. The summed E-state index contributed by atoms with van der Waals surface area (Å²) >= 11 is 1.24. The molecule has 0 radical (unpaired) electrons. The van der Waals surface area contributed by atoms with Crippen molar-refractivity contribution in [1.82, 2.24) is 9.80 Å². The molecule has 0 aromatic heterocycles. The van der Waals surface area contributed by atoms with Gasteiger partial charge in [0.25, 0.3) is 5.24 Å². The molecule has 2 heterocycles. The van der Waals surface area contributed by atoms with E-state index in [1.807, 2.05) is 0 Å². The fourth-order valence-electron chi connectivity index (χ4n) is 2.21. The number of carbonyl (C=O) groups excluding carboxylic acids is 2. The molecule has 0 aromatic rings. The molecule has 2 aliphatic heterocycles. The predicted molar refractivity (Wildman–Crippen MR) is 66.4 cm³/mol. The van der Waals surface area contributed by atoms with Crippen LogP contribution >= 0.6 is 11.8 Å². The second-order valence-electron chi connectivity index (χ2n) is 4.53. The van der Waals surface area contributed by atoms with Gasteiger partial charge >= 0.3 is 5.97 Å². The summed E-state index contributed by atoms with van der Waals surface area (Å²) in [6.45, 7) is 1.71. The maximum Gasteiger partial charge on any atom is 0.306 e. The molecule has 0 atom stereocenters. The van der Waals surface area contributed by atoms with Gasteiger partial charge in [0.15, 0.2) is 0 Å². The Labute approximate surface area is 109 Å². The Morgan fingerprint density at radius 1 is 1.28 bits per heavy atom. The van der Waals surface area contributed by atoms with E-state index in [2.05, 4.69) is 0 Å². The van der Waals surface area contributed by atoms with Crippen LogP contribution in [0.5, 0.6) is 0 Å². The largest absolute Gasteiger partial charge is 0.481 e. The predicted octanol–water partition coefficient (Wildman–Crippen LogP) is 0.478. The van der Waals surface area contributed by atoms with Crippen LogP contribution in [0.3, 0.4) is 0 Å². The maximum atomic E-state index is 12.0. The van der Waals surface area contributed by atoms with Crippen molar-refractivity contribution in [2.75, 3.05) is 31.9 Å². The van der Waals surface area contributed by atoms with Gasteiger partial charge in [0.1, 0.15) is 6.54 Å². The number of piperidine rings is 1. The van der Waals surface area contributed by atoms with Gasteiger partial charge in [-0.1, -0.05) is 11.8 Å². The van der Waals surface area contributed by atoms with Crippen LogP contribution in [0.1, 0.15) is 12.8 Å². The molecule has 0 saturated carbocycles. The Morgan fingerprint density at radius 3 is 2.44 bits per heavy atom. The number of hydrogen-bond donors (Lipinski definition) is 1. The van der Waals surface area contributed by atoms with E-state index in [-0.39, 0.29) is 23.6 Å². The summed E-state index contributed by atoms with van der Waals surface area (Å²) in [5.74, 6) is -0.450. The van der Waals surface area contributed by atoms with E-state index in [0.29, 0.717) is 32.5 Å². The van der Waals surface area contributed by atoms with Crippen LogP contribution < -0.4 is 0 Å². The molecule has 2 rings (SSSR count). The van der Waals surface area contributed by atoms with Crippen molar-refractivity contribution < 1.29 is 19.5 Å². The molecular formula is C11H16N2O4S. The first-order valence-corrected chi connectivity index (χ1v) is 6.99. The first-order valence-electron chi connectivity index (χ1n) is 6.00. The van der Waals surface area contributed by atoms with Gasteiger partial charge in [-0.2, -0.15) is 0 Å². The molecule has 0 bridgehead atoms. The van der Waals surface area contributed by atoms with Crippen LogP contribution in [0, 0.1) is 5.92 Å². The third kappa shape index (κ3) is 2.95. The highest BCUT2D eigenvalue weighted by molar-refractivity contribution is 8.13. The SMILES string of the molecule is O=C(O)C1CCN(C(=O)CN2CCSC2=O)CC1. The second kappa shape index (κ2) is 5.60. The number of rotatable bonds is 3. The van der Waals surface area contributed by atoms with E-state index in [1.54, 1.807) is 9.80 Å². The average molecular weight is 272 g/mol. The van der Waals surface area contributed by atoms with Crippen LogP contribution in [0.15, 0.2) is 0 Å². The zero-order valence-electron chi connectivity index (χ0n) is 10.0. The monoisotopic (exact) mass is 272 g/mol. The first kappa shape index (κ1) is 13.2. The summed E-state index contributed by atoms with van der Waals surface area (Å²) in [6.07, 6.45) is 1.01. The molecule has 18 heavy (non-hydrogen) atoms. The van der Waals surface area contributed by atoms with Crippen LogP contribution in [0.2, 0.25) is 0 Å². The lowest BCUT2D eigenvalue weighted by Gasteiger charge is -2.31. The lowest BCUT2D eigenvalue weighted by Crippen LogP contribution is -2.45. The third-order valence-corrected chi connectivity index (χ3v) is 4.26. The number of carboxylic acid groups (broad SMARTS) is 1. The van der Waals surface area contributed by atoms with Crippen LogP contribution in [0.25, 0.3) is 0 Å². The van der Waals surface area contributed by atoms with Crippen molar-refractivity contribution in [2.45, 2.75) is 12.8 Å². The highest BCUT2D eigenvalue weighted by Gasteiger charge is 2.29. The van der Waals surface area contributed by atoms with Gasteiger partial charge < -0.3 is 14.9 Å². The molecule has 2 aliphatic rings. The molecule has 1 N–H and O–H groups in total. The van der Waals surface area contributed by atoms with Gasteiger partial charge in [0, 0.05) is 25.4 Å². The number of carboxylic acids is 1. The average Bonchev–Trinajstić information content (AvgIpc) is 2.75. The second-order valence-corrected chi connectivity index (χ2v) is 5.58. The summed E-state index contributed by atoms with van der Waals surface area (Å²) in [7, 11) is 0. The minimum absolute atomic E-state index is 0.0382. The van der Waals surface area contributed by atoms with Crippen molar-refractivity contribution in [1.29, 1.82) is 0 Å². The number of amides is 2. The number of nitrogens with zero attached hydrogens (tertiary/aromatic N) is 2. The molecule has 2 fully saturated rings. The zero-order valence-corrected chi connectivity index (χ0v) is 10.8. The smallest absolute Gasteiger partial charge is 0.306 e.